The molecular formula is C35H42N4O4. The van der Waals surface area contributed by atoms with E-state index in [4.69, 9.17) is 9.15 Å². The number of furan rings is 1. The molecule has 43 heavy (non-hydrogen) atoms. The molecule has 1 saturated carbocycles. The van der Waals surface area contributed by atoms with Crippen molar-refractivity contribution in [2.75, 3.05) is 36.5 Å². The second kappa shape index (κ2) is 11.2. The highest BCUT2D eigenvalue weighted by Gasteiger charge is 2.60. The standard InChI is InChI=1S/C35H42N4O4/c1-23-31(27-10-6-7-11-29(27)36-23)32-28(34(32,2)3)21-30(40)39(22-26-9-8-18-43-26)35(4,5)33(41)37-24-12-14-25(15-13-24)38-16-19-42-20-17-38/h6-15,18,28,32,36H,16-17,19-22H2,1-5H3,(H,37,41). The molecule has 2 unspecified atom stereocenters. The van der Waals surface area contributed by atoms with E-state index in [1.54, 1.807) is 17.2 Å². The van der Waals surface area contributed by atoms with Crippen LogP contribution in [0.25, 0.3) is 10.9 Å². The molecule has 1 aliphatic heterocycles. The number of nitrogens with one attached hydrogen (secondary N) is 2. The monoisotopic (exact) mass is 582 g/mol. The van der Waals surface area contributed by atoms with Crippen molar-refractivity contribution in [1.82, 2.24) is 9.88 Å². The third-order valence-electron chi connectivity index (χ3n) is 9.63. The Morgan fingerprint density at radius 2 is 1.77 bits per heavy atom. The zero-order chi connectivity index (χ0) is 30.4. The van der Waals surface area contributed by atoms with Crippen LogP contribution >= 0.6 is 0 Å². The summed E-state index contributed by atoms with van der Waals surface area (Å²) in [5.74, 6) is 0.745. The molecule has 0 bridgehead atoms. The average Bonchev–Trinajstić information content (AvgIpc) is 3.36. The topological polar surface area (TPSA) is 90.8 Å². The first-order chi connectivity index (χ1) is 20.6. The predicted octanol–water partition coefficient (Wildman–Crippen LogP) is 6.48. The zero-order valence-corrected chi connectivity index (χ0v) is 25.8. The van der Waals surface area contributed by atoms with Gasteiger partial charge in [-0.3, -0.25) is 9.59 Å². The Bertz CT molecular complexity index is 1600. The number of aryl methyl sites for hydroxylation is 1. The van der Waals surface area contributed by atoms with E-state index in [-0.39, 0.29) is 35.6 Å². The number of ether oxygens (including phenoxy) is 1. The molecule has 2 aromatic carbocycles. The number of carbonyl (C=O) groups excluding carboxylic acids is 2. The number of aromatic amines is 1. The predicted molar refractivity (Wildman–Crippen MR) is 169 cm³/mol. The van der Waals surface area contributed by atoms with Crippen molar-refractivity contribution >= 4 is 34.1 Å². The maximum Gasteiger partial charge on any atom is 0.249 e. The third kappa shape index (κ3) is 5.56. The van der Waals surface area contributed by atoms with Gasteiger partial charge in [-0.15, -0.1) is 0 Å². The molecule has 2 atom stereocenters. The van der Waals surface area contributed by atoms with Gasteiger partial charge in [0.15, 0.2) is 0 Å². The van der Waals surface area contributed by atoms with E-state index in [2.05, 4.69) is 54.2 Å². The summed E-state index contributed by atoms with van der Waals surface area (Å²) >= 11 is 0. The Morgan fingerprint density at radius 3 is 2.47 bits per heavy atom. The van der Waals surface area contributed by atoms with E-state index in [1.807, 2.05) is 50.2 Å². The van der Waals surface area contributed by atoms with Crippen LogP contribution in [0, 0.1) is 18.3 Å². The molecule has 226 valence electrons. The van der Waals surface area contributed by atoms with Crippen LogP contribution in [0.1, 0.15) is 57.1 Å². The summed E-state index contributed by atoms with van der Waals surface area (Å²) in [6.07, 6.45) is 1.95. The fourth-order valence-corrected chi connectivity index (χ4v) is 6.84. The number of aromatic nitrogens is 1. The lowest BCUT2D eigenvalue weighted by atomic mass is 9.98. The van der Waals surface area contributed by atoms with Crippen molar-refractivity contribution in [2.45, 2.75) is 59.0 Å². The van der Waals surface area contributed by atoms with Gasteiger partial charge in [0.2, 0.25) is 11.8 Å². The average molecular weight is 583 g/mol. The molecular weight excluding hydrogens is 540 g/mol. The Morgan fingerprint density at radius 1 is 1.05 bits per heavy atom. The van der Waals surface area contributed by atoms with Gasteiger partial charge in [-0.05, 0) is 86.1 Å². The molecule has 0 radical (unpaired) electrons. The van der Waals surface area contributed by atoms with Crippen molar-refractivity contribution < 1.29 is 18.7 Å². The number of morpholine rings is 1. The summed E-state index contributed by atoms with van der Waals surface area (Å²) in [7, 11) is 0. The number of benzene rings is 2. The fourth-order valence-electron chi connectivity index (χ4n) is 6.84. The second-order valence-electron chi connectivity index (χ2n) is 13.0. The van der Waals surface area contributed by atoms with E-state index in [1.165, 1.54) is 10.9 Å². The highest BCUT2D eigenvalue weighted by molar-refractivity contribution is 6.00. The first-order valence-corrected chi connectivity index (χ1v) is 15.2. The minimum atomic E-state index is -1.13. The minimum Gasteiger partial charge on any atom is -0.467 e. The van der Waals surface area contributed by atoms with Crippen LogP contribution in [0.2, 0.25) is 0 Å². The maximum atomic E-state index is 14.2. The van der Waals surface area contributed by atoms with Gasteiger partial charge in [-0.1, -0.05) is 32.0 Å². The van der Waals surface area contributed by atoms with Crippen molar-refractivity contribution in [3.63, 3.8) is 0 Å². The minimum absolute atomic E-state index is 0.0453. The number of carbonyl (C=O) groups is 2. The van der Waals surface area contributed by atoms with Crippen LogP contribution in [0.4, 0.5) is 11.4 Å². The lowest BCUT2D eigenvalue weighted by Gasteiger charge is -2.37. The van der Waals surface area contributed by atoms with Crippen LogP contribution in [-0.4, -0.2) is 53.5 Å². The molecule has 2 fully saturated rings. The maximum absolute atomic E-state index is 14.2. The van der Waals surface area contributed by atoms with E-state index < -0.39 is 5.54 Å². The number of anilines is 2. The number of H-pyrrole nitrogens is 1. The van der Waals surface area contributed by atoms with Crippen molar-refractivity contribution in [2.24, 2.45) is 11.3 Å². The van der Waals surface area contributed by atoms with Gasteiger partial charge in [-0.25, -0.2) is 0 Å². The summed E-state index contributed by atoms with van der Waals surface area (Å²) in [5, 5.41) is 4.28. The van der Waals surface area contributed by atoms with Gasteiger partial charge < -0.3 is 29.3 Å². The summed E-state index contributed by atoms with van der Waals surface area (Å²) in [4.78, 5) is 35.5. The number of amides is 2. The molecule has 1 aliphatic carbocycles. The summed E-state index contributed by atoms with van der Waals surface area (Å²) in [5.41, 5.74) is 4.20. The highest BCUT2D eigenvalue weighted by Crippen LogP contribution is 2.67. The van der Waals surface area contributed by atoms with Crippen molar-refractivity contribution in [1.29, 1.82) is 0 Å². The fraction of sp³-hybridized carbons (Fsp3) is 0.429. The number of nitrogens with zero attached hydrogens (tertiary/aromatic N) is 2. The van der Waals surface area contributed by atoms with Crippen LogP contribution < -0.4 is 10.2 Å². The molecule has 3 heterocycles. The lowest BCUT2D eigenvalue weighted by Crippen LogP contribution is -2.54. The van der Waals surface area contributed by atoms with Gasteiger partial charge in [0.1, 0.15) is 11.3 Å². The molecule has 6 rings (SSSR count). The van der Waals surface area contributed by atoms with Gasteiger partial charge >= 0.3 is 0 Å². The van der Waals surface area contributed by atoms with Gasteiger partial charge in [0.25, 0.3) is 0 Å². The number of rotatable bonds is 9. The van der Waals surface area contributed by atoms with E-state index >= 15 is 0 Å². The van der Waals surface area contributed by atoms with Gasteiger partial charge in [0.05, 0.1) is 26.0 Å². The number of fused-ring (bicyclic) bond motifs is 1. The number of hydrogen-bond acceptors (Lipinski definition) is 5. The Labute approximate surface area is 253 Å². The van der Waals surface area contributed by atoms with Crippen LogP contribution in [0.5, 0.6) is 0 Å². The first-order valence-electron chi connectivity index (χ1n) is 15.2. The highest BCUT2D eigenvalue weighted by atomic mass is 16.5. The van der Waals surface area contributed by atoms with E-state index in [0.29, 0.717) is 31.1 Å². The van der Waals surface area contributed by atoms with Crippen LogP contribution in [0.15, 0.2) is 71.3 Å². The molecule has 8 heteroatoms. The zero-order valence-electron chi connectivity index (χ0n) is 25.8. The molecule has 2 amide bonds. The normalized spacial score (nSPS) is 19.8. The molecule has 2 N–H and O–H groups in total. The van der Waals surface area contributed by atoms with Crippen LogP contribution in [-0.2, 0) is 20.9 Å². The van der Waals surface area contributed by atoms with Crippen LogP contribution in [0.3, 0.4) is 0 Å². The quantitative estimate of drug-likeness (QED) is 0.236. The Balaban J connectivity index is 1.20. The Hall–Kier alpha value is -4.04. The first kappa shape index (κ1) is 29.1. The number of para-hydroxylation sites is 1. The van der Waals surface area contributed by atoms with Gasteiger partial charge in [0, 0.05) is 47.5 Å². The smallest absolute Gasteiger partial charge is 0.249 e. The summed E-state index contributed by atoms with van der Waals surface area (Å²) < 4.78 is 11.1. The molecule has 2 aliphatic rings. The molecule has 1 saturated heterocycles. The largest absolute Gasteiger partial charge is 0.467 e. The lowest BCUT2D eigenvalue weighted by molar-refractivity contribution is -0.145. The summed E-state index contributed by atoms with van der Waals surface area (Å²) in [6, 6.07) is 19.9. The summed E-state index contributed by atoms with van der Waals surface area (Å²) in [6.45, 7) is 13.6. The van der Waals surface area contributed by atoms with E-state index in [0.717, 1.165) is 30.0 Å². The van der Waals surface area contributed by atoms with Gasteiger partial charge in [-0.2, -0.15) is 0 Å². The number of hydrogen-bond donors (Lipinski definition) is 2. The SMILES string of the molecule is Cc1[nH]c2ccccc2c1C1C(CC(=O)N(Cc2ccco2)C(C)(C)C(=O)Nc2ccc(N3CCOCC3)cc2)C1(C)C. The third-order valence-corrected chi connectivity index (χ3v) is 9.63. The van der Waals surface area contributed by atoms with E-state index in [9.17, 15) is 9.59 Å². The molecule has 2 aromatic heterocycles. The molecule has 8 nitrogen and oxygen atoms in total. The molecule has 4 aromatic rings. The molecule has 0 spiro atoms. The Kier molecular flexibility index (Phi) is 7.59. The van der Waals surface area contributed by atoms with Crippen molar-refractivity contribution in [3.8, 4) is 0 Å². The second-order valence-corrected chi connectivity index (χ2v) is 13.0. The van der Waals surface area contributed by atoms with Crippen molar-refractivity contribution in [3.05, 3.63) is 83.9 Å².